The summed E-state index contributed by atoms with van der Waals surface area (Å²) in [7, 11) is 0. The van der Waals surface area contributed by atoms with Gasteiger partial charge in [0.25, 0.3) is 0 Å². The zero-order valence-corrected chi connectivity index (χ0v) is 31.4. The zero-order chi connectivity index (χ0) is 35.6. The SMILES string of the molecule is c1ccc(-c2cccc(N(c3ccc(-c4ccc5c(c4)sc4ccc6sc(-c7ccccc7)nc6c45)cc3)c3ccc4c(c3)sc3ccccc34)c2)cc1. The van der Waals surface area contributed by atoms with E-state index in [-0.39, 0.29) is 0 Å². The summed E-state index contributed by atoms with van der Waals surface area (Å²) in [6, 6.07) is 66.1. The maximum atomic E-state index is 5.16. The molecule has 0 radical (unpaired) electrons. The molecule has 0 fully saturated rings. The van der Waals surface area contributed by atoms with Crippen molar-refractivity contribution in [1.29, 1.82) is 0 Å². The molecule has 2 nitrogen and oxygen atoms in total. The molecular formula is C49H30N2S3. The Kier molecular flexibility index (Phi) is 7.44. The van der Waals surface area contributed by atoms with E-state index in [9.17, 15) is 0 Å². The van der Waals surface area contributed by atoms with Crippen LogP contribution in [0.1, 0.15) is 0 Å². The maximum absolute atomic E-state index is 5.16. The van der Waals surface area contributed by atoms with Crippen molar-refractivity contribution in [2.24, 2.45) is 0 Å². The lowest BCUT2D eigenvalue weighted by Crippen LogP contribution is -2.09. The molecule has 0 spiro atoms. The van der Waals surface area contributed by atoms with Crippen LogP contribution < -0.4 is 4.90 Å². The summed E-state index contributed by atoms with van der Waals surface area (Å²) in [5.41, 5.74) is 10.5. The molecular weight excluding hydrogens is 713 g/mol. The fourth-order valence-electron chi connectivity index (χ4n) is 7.70. The second-order valence-corrected chi connectivity index (χ2v) is 16.8. The molecule has 0 aliphatic heterocycles. The predicted molar refractivity (Wildman–Crippen MR) is 236 cm³/mol. The van der Waals surface area contributed by atoms with E-state index in [4.69, 9.17) is 4.98 Å². The van der Waals surface area contributed by atoms with E-state index in [1.54, 1.807) is 11.3 Å². The number of nitrogens with zero attached hydrogens (tertiary/aromatic N) is 2. The highest BCUT2D eigenvalue weighted by molar-refractivity contribution is 7.27. The van der Waals surface area contributed by atoms with Crippen LogP contribution in [0.2, 0.25) is 0 Å². The van der Waals surface area contributed by atoms with E-state index < -0.39 is 0 Å². The number of rotatable bonds is 6. The molecule has 0 N–H and O–H groups in total. The Morgan fingerprint density at radius 1 is 0.333 bits per heavy atom. The standard InChI is InChI=1S/C49H30N2S3/c1-3-10-31(11-4-1)34-14-9-15-37(28-34)51(38-23-25-40-39-16-7-8-17-42(39)52-46(40)30-38)36-21-18-32(19-22-36)35-20-24-41-45(29-35)53-43-26-27-44-48(47(41)43)50-49(54-44)33-12-5-2-6-13-33/h1-30H. The number of hydrogen-bond acceptors (Lipinski definition) is 5. The summed E-state index contributed by atoms with van der Waals surface area (Å²) >= 11 is 5.48. The fraction of sp³-hybridized carbons (Fsp3) is 0. The van der Waals surface area contributed by atoms with Crippen LogP contribution in [0.5, 0.6) is 0 Å². The van der Waals surface area contributed by atoms with E-state index in [0.717, 1.165) is 27.6 Å². The van der Waals surface area contributed by atoms with Crippen molar-refractivity contribution in [2.75, 3.05) is 4.90 Å². The first-order valence-corrected chi connectivity index (χ1v) is 20.5. The van der Waals surface area contributed by atoms with Crippen LogP contribution in [-0.4, -0.2) is 4.98 Å². The highest BCUT2D eigenvalue weighted by Crippen LogP contribution is 2.44. The highest BCUT2D eigenvalue weighted by Gasteiger charge is 2.18. The molecule has 0 aliphatic carbocycles. The van der Waals surface area contributed by atoms with Crippen LogP contribution in [0.15, 0.2) is 182 Å². The number of thiazole rings is 1. The summed E-state index contributed by atoms with van der Waals surface area (Å²) in [6.07, 6.45) is 0. The fourth-order valence-corrected chi connectivity index (χ4v) is 11.0. The van der Waals surface area contributed by atoms with Crippen molar-refractivity contribution < 1.29 is 0 Å². The van der Waals surface area contributed by atoms with Gasteiger partial charge in [0.05, 0.1) is 10.2 Å². The minimum absolute atomic E-state index is 1.07. The quantitative estimate of drug-likeness (QED) is 0.169. The summed E-state index contributed by atoms with van der Waals surface area (Å²) in [5, 5.41) is 6.22. The van der Waals surface area contributed by atoms with Gasteiger partial charge in [-0.25, -0.2) is 4.98 Å². The second kappa shape index (κ2) is 12.8. The molecule has 0 unspecified atom stereocenters. The average Bonchev–Trinajstić information content (AvgIpc) is 3.95. The van der Waals surface area contributed by atoms with E-state index in [1.807, 2.05) is 22.7 Å². The smallest absolute Gasteiger partial charge is 0.124 e. The van der Waals surface area contributed by atoms with E-state index >= 15 is 0 Å². The molecule has 254 valence electrons. The van der Waals surface area contributed by atoms with Gasteiger partial charge in [0.2, 0.25) is 0 Å². The number of thiophene rings is 2. The van der Waals surface area contributed by atoms with Crippen molar-refractivity contribution in [1.82, 2.24) is 4.98 Å². The van der Waals surface area contributed by atoms with Crippen LogP contribution in [0.3, 0.4) is 0 Å². The summed E-state index contributed by atoms with van der Waals surface area (Å²) in [6.45, 7) is 0. The topological polar surface area (TPSA) is 16.1 Å². The van der Waals surface area contributed by atoms with Crippen molar-refractivity contribution in [3.8, 4) is 32.8 Å². The van der Waals surface area contributed by atoms with Crippen LogP contribution in [0, 0.1) is 0 Å². The van der Waals surface area contributed by atoms with Crippen molar-refractivity contribution in [3.05, 3.63) is 182 Å². The number of anilines is 3. The van der Waals surface area contributed by atoms with Gasteiger partial charge in [-0.3, -0.25) is 0 Å². The Hall–Kier alpha value is -6.11. The summed E-state index contributed by atoms with van der Waals surface area (Å²) < 4.78 is 6.39. The van der Waals surface area contributed by atoms with Gasteiger partial charge in [0, 0.05) is 63.0 Å². The van der Waals surface area contributed by atoms with Crippen LogP contribution in [-0.2, 0) is 0 Å². The average molecular weight is 743 g/mol. The third-order valence-electron chi connectivity index (χ3n) is 10.3. The van der Waals surface area contributed by atoms with E-state index in [2.05, 4.69) is 187 Å². The number of hydrogen-bond donors (Lipinski definition) is 0. The minimum atomic E-state index is 1.07. The van der Waals surface area contributed by atoms with Gasteiger partial charge in [0.1, 0.15) is 5.01 Å². The van der Waals surface area contributed by atoms with Crippen LogP contribution in [0.4, 0.5) is 17.1 Å². The molecule has 11 rings (SSSR count). The van der Waals surface area contributed by atoms with Crippen molar-refractivity contribution >= 4 is 102 Å². The molecule has 0 atom stereocenters. The Bertz CT molecular complexity index is 3160. The molecule has 3 aromatic heterocycles. The Labute approximate surface area is 324 Å². The predicted octanol–water partition coefficient (Wildman–Crippen LogP) is 15.5. The highest BCUT2D eigenvalue weighted by atomic mass is 32.1. The van der Waals surface area contributed by atoms with Gasteiger partial charge in [-0.15, -0.1) is 34.0 Å². The second-order valence-electron chi connectivity index (χ2n) is 13.6. The minimum Gasteiger partial charge on any atom is -0.310 e. The van der Waals surface area contributed by atoms with Crippen molar-refractivity contribution in [2.45, 2.75) is 0 Å². The first-order chi connectivity index (χ1) is 26.7. The molecule has 0 aliphatic rings. The number of fused-ring (bicyclic) bond motifs is 8. The lowest BCUT2D eigenvalue weighted by molar-refractivity contribution is 1.29. The first kappa shape index (κ1) is 31.4. The Morgan fingerprint density at radius 2 is 0.926 bits per heavy atom. The Balaban J connectivity index is 0.993. The van der Waals surface area contributed by atoms with Crippen LogP contribution in [0.25, 0.3) is 83.4 Å². The first-order valence-electron chi connectivity index (χ1n) is 18.0. The number of benzene rings is 8. The third-order valence-corrected chi connectivity index (χ3v) is 13.6. The lowest BCUT2D eigenvalue weighted by Gasteiger charge is -2.26. The van der Waals surface area contributed by atoms with Gasteiger partial charge >= 0.3 is 0 Å². The lowest BCUT2D eigenvalue weighted by atomic mass is 10.0. The summed E-state index contributed by atoms with van der Waals surface area (Å²) in [4.78, 5) is 7.55. The zero-order valence-electron chi connectivity index (χ0n) is 28.9. The molecule has 0 saturated carbocycles. The normalized spacial score (nSPS) is 11.7. The molecule has 0 saturated heterocycles. The maximum Gasteiger partial charge on any atom is 0.124 e. The Morgan fingerprint density at radius 3 is 1.78 bits per heavy atom. The molecule has 8 aromatic carbocycles. The van der Waals surface area contributed by atoms with Gasteiger partial charge in [-0.1, -0.05) is 121 Å². The monoisotopic (exact) mass is 742 g/mol. The largest absolute Gasteiger partial charge is 0.310 e. The van der Waals surface area contributed by atoms with E-state index in [0.29, 0.717) is 0 Å². The molecule has 5 heteroatoms. The van der Waals surface area contributed by atoms with Gasteiger partial charge in [-0.2, -0.15) is 0 Å². The summed E-state index contributed by atoms with van der Waals surface area (Å²) in [5.74, 6) is 0. The van der Waals surface area contributed by atoms with Crippen molar-refractivity contribution in [3.63, 3.8) is 0 Å². The molecule has 0 bridgehead atoms. The molecule has 0 amide bonds. The molecule has 3 heterocycles. The third kappa shape index (κ3) is 5.32. The van der Waals surface area contributed by atoms with Gasteiger partial charge in [-0.05, 0) is 82.9 Å². The van der Waals surface area contributed by atoms with Crippen LogP contribution >= 0.6 is 34.0 Å². The van der Waals surface area contributed by atoms with Gasteiger partial charge in [0.15, 0.2) is 0 Å². The molecule has 11 aromatic rings. The number of aromatic nitrogens is 1. The van der Waals surface area contributed by atoms with Gasteiger partial charge < -0.3 is 4.90 Å². The molecule has 54 heavy (non-hydrogen) atoms. The van der Waals surface area contributed by atoms with E-state index in [1.165, 1.54) is 72.9 Å².